The summed E-state index contributed by atoms with van der Waals surface area (Å²) in [6.07, 6.45) is 0. The molecule has 1 atom stereocenters. The number of hydrogen-bond acceptors (Lipinski definition) is 3. The summed E-state index contributed by atoms with van der Waals surface area (Å²) >= 11 is 0. The molecule has 0 aliphatic carbocycles. The van der Waals surface area contributed by atoms with Crippen molar-refractivity contribution in [3.63, 3.8) is 0 Å². The molecule has 3 heteroatoms. The Bertz CT molecular complexity index is 612. The van der Waals surface area contributed by atoms with Crippen molar-refractivity contribution in [2.75, 3.05) is 5.32 Å². The predicted octanol–water partition coefficient (Wildman–Crippen LogP) is 4.57. The highest BCUT2D eigenvalue weighted by Gasteiger charge is 2.14. The van der Waals surface area contributed by atoms with Gasteiger partial charge in [-0.2, -0.15) is 0 Å². The highest BCUT2D eigenvalue weighted by atomic mass is 16.3. The third-order valence-electron chi connectivity index (χ3n) is 3.61. The summed E-state index contributed by atoms with van der Waals surface area (Å²) < 4.78 is 0. The van der Waals surface area contributed by atoms with E-state index >= 15 is 0 Å². The molecule has 3 N–H and O–H groups in total. The largest absolute Gasteiger partial charge is 0.508 e. The SMILES string of the molecule is CC(Nc1ccc(C(C)(C)C)cc1)c1cc(O)ccc1O. The molecule has 112 valence electrons. The summed E-state index contributed by atoms with van der Waals surface area (Å²) in [5, 5.41) is 22.8. The van der Waals surface area contributed by atoms with E-state index in [-0.39, 0.29) is 23.0 Å². The molecule has 1 unspecified atom stereocenters. The zero-order valence-electron chi connectivity index (χ0n) is 13.0. The molecule has 2 rings (SSSR count). The fourth-order valence-corrected chi connectivity index (χ4v) is 2.28. The van der Waals surface area contributed by atoms with E-state index in [4.69, 9.17) is 0 Å². The minimum Gasteiger partial charge on any atom is -0.508 e. The van der Waals surface area contributed by atoms with Crippen molar-refractivity contribution in [1.29, 1.82) is 0 Å². The summed E-state index contributed by atoms with van der Waals surface area (Å²) in [6.45, 7) is 8.50. The smallest absolute Gasteiger partial charge is 0.121 e. The average Bonchev–Trinajstić information content (AvgIpc) is 2.41. The summed E-state index contributed by atoms with van der Waals surface area (Å²) in [6, 6.07) is 12.8. The van der Waals surface area contributed by atoms with Crippen LogP contribution in [0.3, 0.4) is 0 Å². The van der Waals surface area contributed by atoms with Gasteiger partial charge in [0.2, 0.25) is 0 Å². The first-order chi connectivity index (χ1) is 9.77. The lowest BCUT2D eigenvalue weighted by atomic mass is 9.87. The second-order valence-electron chi connectivity index (χ2n) is 6.44. The van der Waals surface area contributed by atoms with E-state index < -0.39 is 0 Å². The van der Waals surface area contributed by atoms with Crippen LogP contribution >= 0.6 is 0 Å². The first-order valence-electron chi connectivity index (χ1n) is 7.16. The van der Waals surface area contributed by atoms with Crippen molar-refractivity contribution in [3.8, 4) is 11.5 Å². The van der Waals surface area contributed by atoms with E-state index in [0.29, 0.717) is 5.56 Å². The van der Waals surface area contributed by atoms with Gasteiger partial charge in [-0.15, -0.1) is 0 Å². The average molecular weight is 285 g/mol. The van der Waals surface area contributed by atoms with E-state index in [1.165, 1.54) is 17.7 Å². The molecule has 0 aliphatic rings. The number of phenolic OH excluding ortho intramolecular Hbond substituents is 2. The fourth-order valence-electron chi connectivity index (χ4n) is 2.28. The number of nitrogens with one attached hydrogen (secondary N) is 1. The number of benzene rings is 2. The highest BCUT2D eigenvalue weighted by Crippen LogP contribution is 2.30. The molecule has 21 heavy (non-hydrogen) atoms. The molecule has 2 aromatic rings. The topological polar surface area (TPSA) is 52.5 Å². The van der Waals surface area contributed by atoms with Gasteiger partial charge >= 0.3 is 0 Å². The van der Waals surface area contributed by atoms with E-state index in [1.807, 2.05) is 19.1 Å². The van der Waals surface area contributed by atoms with Crippen molar-refractivity contribution in [1.82, 2.24) is 0 Å². The maximum Gasteiger partial charge on any atom is 0.121 e. The van der Waals surface area contributed by atoms with E-state index in [1.54, 1.807) is 6.07 Å². The molecule has 0 amide bonds. The van der Waals surface area contributed by atoms with Crippen LogP contribution in [0.1, 0.15) is 44.9 Å². The second-order valence-corrected chi connectivity index (χ2v) is 6.44. The molecule has 2 aromatic carbocycles. The lowest BCUT2D eigenvalue weighted by Gasteiger charge is -2.21. The van der Waals surface area contributed by atoms with Crippen LogP contribution in [0.4, 0.5) is 5.69 Å². The van der Waals surface area contributed by atoms with Crippen LogP contribution in [0.2, 0.25) is 0 Å². The van der Waals surface area contributed by atoms with Crippen molar-refractivity contribution in [3.05, 3.63) is 53.6 Å². The Labute approximate surface area is 126 Å². The van der Waals surface area contributed by atoms with Crippen LogP contribution < -0.4 is 5.32 Å². The fraction of sp³-hybridized carbons (Fsp3) is 0.333. The summed E-state index contributed by atoms with van der Waals surface area (Å²) in [4.78, 5) is 0. The Morgan fingerprint density at radius 2 is 1.57 bits per heavy atom. The molecular formula is C18H23NO2. The van der Waals surface area contributed by atoms with Crippen LogP contribution in [-0.4, -0.2) is 10.2 Å². The molecule has 0 aromatic heterocycles. The van der Waals surface area contributed by atoms with Crippen LogP contribution in [0.5, 0.6) is 11.5 Å². The summed E-state index contributed by atoms with van der Waals surface area (Å²) in [7, 11) is 0. The molecule has 0 saturated carbocycles. The van der Waals surface area contributed by atoms with Crippen molar-refractivity contribution >= 4 is 5.69 Å². The molecule has 0 radical (unpaired) electrons. The number of rotatable bonds is 3. The predicted molar refractivity (Wildman–Crippen MR) is 87.0 cm³/mol. The normalized spacial score (nSPS) is 13.0. The number of hydrogen-bond donors (Lipinski definition) is 3. The van der Waals surface area contributed by atoms with Gasteiger partial charge in [0, 0.05) is 11.3 Å². The highest BCUT2D eigenvalue weighted by molar-refractivity contribution is 5.50. The van der Waals surface area contributed by atoms with Gasteiger partial charge in [-0.25, -0.2) is 0 Å². The van der Waals surface area contributed by atoms with Crippen LogP contribution in [0, 0.1) is 0 Å². The quantitative estimate of drug-likeness (QED) is 0.724. The first-order valence-corrected chi connectivity index (χ1v) is 7.16. The summed E-state index contributed by atoms with van der Waals surface area (Å²) in [5.41, 5.74) is 3.07. The van der Waals surface area contributed by atoms with Crippen molar-refractivity contribution in [2.45, 2.75) is 39.2 Å². The molecule has 0 bridgehead atoms. The van der Waals surface area contributed by atoms with Crippen LogP contribution in [-0.2, 0) is 5.41 Å². The number of phenols is 2. The van der Waals surface area contributed by atoms with Gasteiger partial charge in [-0.1, -0.05) is 32.9 Å². The Hall–Kier alpha value is -2.16. The lowest BCUT2D eigenvalue weighted by molar-refractivity contribution is 0.451. The molecule has 0 fully saturated rings. The van der Waals surface area contributed by atoms with Gasteiger partial charge in [0.15, 0.2) is 0 Å². The van der Waals surface area contributed by atoms with Crippen molar-refractivity contribution < 1.29 is 10.2 Å². The zero-order valence-corrected chi connectivity index (χ0v) is 13.0. The third kappa shape index (κ3) is 3.69. The van der Waals surface area contributed by atoms with Gasteiger partial charge in [0.1, 0.15) is 11.5 Å². The van der Waals surface area contributed by atoms with Crippen LogP contribution in [0.25, 0.3) is 0 Å². The van der Waals surface area contributed by atoms with Gasteiger partial charge < -0.3 is 15.5 Å². The Morgan fingerprint density at radius 3 is 2.14 bits per heavy atom. The Balaban J connectivity index is 2.16. The van der Waals surface area contributed by atoms with Gasteiger partial charge in [-0.3, -0.25) is 0 Å². The molecule has 3 nitrogen and oxygen atoms in total. The molecule has 0 spiro atoms. The first kappa shape index (κ1) is 15.2. The molecule has 0 saturated heterocycles. The van der Waals surface area contributed by atoms with Crippen molar-refractivity contribution in [2.24, 2.45) is 0 Å². The molecule has 0 heterocycles. The van der Waals surface area contributed by atoms with Gasteiger partial charge in [-0.05, 0) is 48.2 Å². The zero-order chi connectivity index (χ0) is 15.6. The van der Waals surface area contributed by atoms with Crippen LogP contribution in [0.15, 0.2) is 42.5 Å². The number of anilines is 1. The molecule has 0 aliphatic heterocycles. The monoisotopic (exact) mass is 285 g/mol. The van der Waals surface area contributed by atoms with Gasteiger partial charge in [0.25, 0.3) is 0 Å². The maximum absolute atomic E-state index is 9.88. The molecular weight excluding hydrogens is 262 g/mol. The number of aromatic hydroxyl groups is 2. The lowest BCUT2D eigenvalue weighted by Crippen LogP contribution is -2.11. The second kappa shape index (κ2) is 5.68. The van der Waals surface area contributed by atoms with E-state index in [9.17, 15) is 10.2 Å². The van der Waals surface area contributed by atoms with E-state index in [0.717, 1.165) is 5.69 Å². The minimum atomic E-state index is -0.0995. The Kier molecular flexibility index (Phi) is 4.12. The van der Waals surface area contributed by atoms with E-state index in [2.05, 4.69) is 38.2 Å². The summed E-state index contributed by atoms with van der Waals surface area (Å²) in [5.74, 6) is 0.332. The van der Waals surface area contributed by atoms with Gasteiger partial charge in [0.05, 0.1) is 6.04 Å². The standard InChI is InChI=1S/C18H23NO2/c1-12(16-11-15(20)9-10-17(16)21)19-14-7-5-13(6-8-14)18(2,3)4/h5-12,19-21H,1-4H3. The third-order valence-corrected chi connectivity index (χ3v) is 3.61. The Morgan fingerprint density at radius 1 is 0.952 bits per heavy atom. The minimum absolute atomic E-state index is 0.0995. The maximum atomic E-state index is 9.88.